The van der Waals surface area contributed by atoms with E-state index in [9.17, 15) is 9.59 Å². The van der Waals surface area contributed by atoms with Crippen molar-refractivity contribution in [2.75, 3.05) is 0 Å². The van der Waals surface area contributed by atoms with Gasteiger partial charge in [0.05, 0.1) is 11.2 Å². The van der Waals surface area contributed by atoms with Gasteiger partial charge in [0, 0.05) is 11.1 Å². The maximum atomic E-state index is 11.9. The second-order valence-electron chi connectivity index (χ2n) is 4.56. The molecular weight excluding hydrogens is 312 g/mol. The van der Waals surface area contributed by atoms with Crippen molar-refractivity contribution in [3.8, 4) is 5.75 Å². The lowest BCUT2D eigenvalue weighted by Crippen LogP contribution is -2.20. The molecule has 0 amide bonds. The summed E-state index contributed by atoms with van der Waals surface area (Å²) < 4.78 is 5.76. The number of ketones is 1. The Kier molecular flexibility index (Phi) is 4.24. The quantitative estimate of drug-likeness (QED) is 0.845. The molecule has 5 heteroatoms. The summed E-state index contributed by atoms with van der Waals surface area (Å²) >= 11 is 3.34. The van der Waals surface area contributed by atoms with Gasteiger partial charge in [-0.05, 0) is 18.9 Å². The Balaban J connectivity index is 2.23. The van der Waals surface area contributed by atoms with Gasteiger partial charge in [-0.2, -0.15) is 0 Å². The van der Waals surface area contributed by atoms with Crippen molar-refractivity contribution in [3.63, 3.8) is 0 Å². The van der Waals surface area contributed by atoms with Crippen LogP contribution >= 0.6 is 15.9 Å². The Morgan fingerprint density at radius 3 is 2.95 bits per heavy atom. The summed E-state index contributed by atoms with van der Waals surface area (Å²) in [6.45, 7) is 1.88. The van der Waals surface area contributed by atoms with Crippen molar-refractivity contribution >= 4 is 27.7 Å². The third-order valence-corrected chi connectivity index (χ3v) is 3.96. The Morgan fingerprint density at radius 2 is 2.32 bits per heavy atom. The molecule has 0 spiro atoms. The Hall–Kier alpha value is -1.36. The van der Waals surface area contributed by atoms with E-state index in [-0.39, 0.29) is 23.1 Å². The van der Waals surface area contributed by atoms with E-state index in [1.807, 2.05) is 6.92 Å². The molecule has 19 heavy (non-hydrogen) atoms. The lowest BCUT2D eigenvalue weighted by molar-refractivity contribution is -0.138. The van der Waals surface area contributed by atoms with Crippen LogP contribution in [0.25, 0.3) is 0 Å². The van der Waals surface area contributed by atoms with Crippen LogP contribution in [0.4, 0.5) is 0 Å². The molecule has 0 aromatic heterocycles. The summed E-state index contributed by atoms with van der Waals surface area (Å²) in [5.41, 5.74) is 1.54. The van der Waals surface area contributed by atoms with E-state index in [0.29, 0.717) is 24.2 Å². The van der Waals surface area contributed by atoms with E-state index >= 15 is 0 Å². The van der Waals surface area contributed by atoms with E-state index in [2.05, 4.69) is 15.9 Å². The number of benzene rings is 1. The second kappa shape index (κ2) is 5.74. The Labute approximate surface area is 119 Å². The van der Waals surface area contributed by atoms with Gasteiger partial charge in [0.2, 0.25) is 0 Å². The molecule has 0 fully saturated rings. The summed E-state index contributed by atoms with van der Waals surface area (Å²) in [5.74, 6) is -0.193. The molecule has 1 aromatic rings. The predicted molar refractivity (Wildman–Crippen MR) is 74.2 cm³/mol. The fraction of sp³-hybridized carbons (Fsp3) is 0.429. The molecule has 4 nitrogen and oxygen atoms in total. The van der Waals surface area contributed by atoms with Crippen molar-refractivity contribution in [2.45, 2.75) is 37.1 Å². The number of fused-ring (bicyclic) bond motifs is 1. The van der Waals surface area contributed by atoms with Crippen molar-refractivity contribution in [1.29, 1.82) is 0 Å². The van der Waals surface area contributed by atoms with E-state index in [4.69, 9.17) is 9.84 Å². The average molecular weight is 327 g/mol. The number of aliphatic carboxylic acids is 1. The molecule has 102 valence electrons. The Morgan fingerprint density at radius 1 is 1.58 bits per heavy atom. The number of ether oxygens (including phenoxy) is 1. The van der Waals surface area contributed by atoms with Crippen LogP contribution in [-0.2, 0) is 11.2 Å². The van der Waals surface area contributed by atoms with E-state index in [1.165, 1.54) is 0 Å². The van der Waals surface area contributed by atoms with E-state index < -0.39 is 5.97 Å². The normalized spacial score (nSPS) is 19.1. The zero-order valence-corrected chi connectivity index (χ0v) is 12.1. The molecule has 1 N–H and O–H groups in total. The van der Waals surface area contributed by atoms with Crippen LogP contribution in [0, 0.1) is 0 Å². The zero-order chi connectivity index (χ0) is 14.0. The number of carboxylic acid groups (broad SMARTS) is 1. The molecule has 1 aliphatic rings. The van der Waals surface area contributed by atoms with E-state index in [1.54, 1.807) is 18.2 Å². The SMILES string of the molecule is CCC(CC(=O)O)Oc1cccc2c1CC(Br)C2=O. The van der Waals surface area contributed by atoms with Gasteiger partial charge in [-0.25, -0.2) is 0 Å². The molecule has 2 rings (SSSR count). The minimum atomic E-state index is -0.881. The number of carbonyl (C=O) groups is 2. The topological polar surface area (TPSA) is 63.6 Å². The highest BCUT2D eigenvalue weighted by Gasteiger charge is 2.31. The first kappa shape index (κ1) is 14.1. The van der Waals surface area contributed by atoms with Crippen LogP contribution in [0.2, 0.25) is 0 Å². The van der Waals surface area contributed by atoms with Gasteiger partial charge < -0.3 is 9.84 Å². The van der Waals surface area contributed by atoms with Crippen molar-refractivity contribution in [2.24, 2.45) is 0 Å². The number of rotatable bonds is 5. The largest absolute Gasteiger partial charge is 0.490 e. The number of Topliss-reactive ketones (excluding diaryl/α,β-unsaturated/α-hetero) is 1. The molecule has 0 saturated carbocycles. The third kappa shape index (κ3) is 2.97. The molecule has 1 aromatic carbocycles. The number of hydrogen-bond donors (Lipinski definition) is 1. The van der Waals surface area contributed by atoms with Gasteiger partial charge in [0.15, 0.2) is 5.78 Å². The summed E-state index contributed by atoms with van der Waals surface area (Å²) in [4.78, 5) is 22.4. The first-order valence-electron chi connectivity index (χ1n) is 6.21. The predicted octanol–water partition coefficient (Wildman–Crippen LogP) is 2.82. The van der Waals surface area contributed by atoms with Gasteiger partial charge in [0.25, 0.3) is 0 Å². The van der Waals surface area contributed by atoms with Crippen LogP contribution in [-0.4, -0.2) is 27.8 Å². The molecule has 0 radical (unpaired) electrons. The zero-order valence-electron chi connectivity index (χ0n) is 10.6. The molecule has 2 atom stereocenters. The summed E-state index contributed by atoms with van der Waals surface area (Å²) in [6, 6.07) is 5.34. The fourth-order valence-electron chi connectivity index (χ4n) is 2.20. The lowest BCUT2D eigenvalue weighted by atomic mass is 10.1. The number of alkyl halides is 1. The first-order chi connectivity index (χ1) is 9.02. The fourth-order valence-corrected chi connectivity index (χ4v) is 2.77. The van der Waals surface area contributed by atoms with Crippen LogP contribution < -0.4 is 4.74 Å². The number of hydrogen-bond acceptors (Lipinski definition) is 3. The van der Waals surface area contributed by atoms with Crippen molar-refractivity contribution in [1.82, 2.24) is 0 Å². The molecule has 0 bridgehead atoms. The summed E-state index contributed by atoms with van der Waals surface area (Å²) in [6.07, 6.45) is 0.801. The third-order valence-electron chi connectivity index (χ3n) is 3.22. The minimum Gasteiger partial charge on any atom is -0.490 e. The van der Waals surface area contributed by atoms with Crippen molar-refractivity contribution < 1.29 is 19.4 Å². The highest BCUT2D eigenvalue weighted by atomic mass is 79.9. The van der Waals surface area contributed by atoms with E-state index in [0.717, 1.165) is 5.56 Å². The molecular formula is C14H15BrO4. The summed E-state index contributed by atoms with van der Waals surface area (Å²) in [7, 11) is 0. The van der Waals surface area contributed by atoms with Gasteiger partial charge in [-0.1, -0.05) is 35.0 Å². The lowest BCUT2D eigenvalue weighted by Gasteiger charge is -2.17. The number of halogens is 1. The minimum absolute atomic E-state index is 0.0359. The van der Waals surface area contributed by atoms with Crippen LogP contribution in [0.15, 0.2) is 18.2 Å². The number of carbonyl (C=O) groups excluding carboxylic acids is 1. The summed E-state index contributed by atoms with van der Waals surface area (Å²) in [5, 5.41) is 8.83. The molecule has 2 unspecified atom stereocenters. The second-order valence-corrected chi connectivity index (χ2v) is 5.67. The highest BCUT2D eigenvalue weighted by Crippen LogP contribution is 2.34. The van der Waals surface area contributed by atoms with Crippen LogP contribution in [0.1, 0.15) is 35.7 Å². The highest BCUT2D eigenvalue weighted by molar-refractivity contribution is 9.10. The molecule has 0 heterocycles. The Bertz CT molecular complexity index is 512. The van der Waals surface area contributed by atoms with Crippen molar-refractivity contribution in [3.05, 3.63) is 29.3 Å². The van der Waals surface area contributed by atoms with Gasteiger partial charge in [-0.15, -0.1) is 0 Å². The standard InChI is InChI=1S/C14H15BrO4/c1-2-8(6-13(16)17)19-12-5-3-4-9-10(12)7-11(15)14(9)18/h3-5,8,11H,2,6-7H2,1H3,(H,16,17). The average Bonchev–Trinajstić information content (AvgIpc) is 2.66. The number of carboxylic acids is 1. The maximum Gasteiger partial charge on any atom is 0.307 e. The molecule has 0 aliphatic heterocycles. The van der Waals surface area contributed by atoms with Gasteiger partial charge in [0.1, 0.15) is 11.9 Å². The van der Waals surface area contributed by atoms with Crippen LogP contribution in [0.5, 0.6) is 5.75 Å². The monoisotopic (exact) mass is 326 g/mol. The van der Waals surface area contributed by atoms with Gasteiger partial charge >= 0.3 is 5.97 Å². The molecule has 0 saturated heterocycles. The molecule has 1 aliphatic carbocycles. The van der Waals surface area contributed by atoms with Crippen LogP contribution in [0.3, 0.4) is 0 Å². The first-order valence-corrected chi connectivity index (χ1v) is 7.13. The smallest absolute Gasteiger partial charge is 0.307 e. The van der Waals surface area contributed by atoms with Gasteiger partial charge in [-0.3, -0.25) is 9.59 Å². The maximum absolute atomic E-state index is 11.9.